The number of fused-ring (bicyclic) bond motifs is 1. The molecule has 0 saturated heterocycles. The second-order valence-electron chi connectivity index (χ2n) is 6.91. The molecule has 0 aliphatic carbocycles. The molecule has 0 radical (unpaired) electrons. The fourth-order valence-corrected chi connectivity index (χ4v) is 3.48. The highest BCUT2D eigenvalue weighted by molar-refractivity contribution is 7.71. The summed E-state index contributed by atoms with van der Waals surface area (Å²) in [6.07, 6.45) is 0.935. The van der Waals surface area contributed by atoms with Gasteiger partial charge in [-0.3, -0.25) is 9.67 Å². The van der Waals surface area contributed by atoms with Crippen molar-refractivity contribution < 1.29 is 9.84 Å². The SMILES string of the molecule is CC(C)c1ccc(O)c(-c2n[nH]c(=S)n2Cc2ccc3c(c2)CCO3)c1. The van der Waals surface area contributed by atoms with E-state index in [0.717, 1.165) is 29.9 Å². The molecule has 1 aliphatic rings. The number of nitrogens with zero attached hydrogens (tertiary/aromatic N) is 2. The van der Waals surface area contributed by atoms with E-state index in [1.807, 2.05) is 28.8 Å². The van der Waals surface area contributed by atoms with E-state index >= 15 is 0 Å². The number of aromatic nitrogens is 3. The summed E-state index contributed by atoms with van der Waals surface area (Å²) < 4.78 is 8.03. The number of aromatic amines is 1. The zero-order chi connectivity index (χ0) is 18.3. The lowest BCUT2D eigenvalue weighted by Gasteiger charge is -2.12. The number of rotatable bonds is 4. The minimum absolute atomic E-state index is 0.201. The minimum Gasteiger partial charge on any atom is -0.507 e. The van der Waals surface area contributed by atoms with E-state index in [4.69, 9.17) is 17.0 Å². The molecule has 4 rings (SSSR count). The third kappa shape index (κ3) is 3.01. The smallest absolute Gasteiger partial charge is 0.195 e. The zero-order valence-corrected chi connectivity index (χ0v) is 15.6. The maximum Gasteiger partial charge on any atom is 0.195 e. The summed E-state index contributed by atoms with van der Waals surface area (Å²) in [6.45, 7) is 5.58. The molecule has 0 saturated carbocycles. The average Bonchev–Trinajstić information content (AvgIpc) is 3.22. The number of nitrogens with one attached hydrogen (secondary N) is 1. The second kappa shape index (κ2) is 6.61. The van der Waals surface area contributed by atoms with Gasteiger partial charge in [0.1, 0.15) is 11.5 Å². The number of ether oxygens (including phenoxy) is 1. The molecule has 26 heavy (non-hydrogen) atoms. The summed E-state index contributed by atoms with van der Waals surface area (Å²) in [6, 6.07) is 11.9. The van der Waals surface area contributed by atoms with E-state index < -0.39 is 0 Å². The van der Waals surface area contributed by atoms with Crippen LogP contribution in [0.5, 0.6) is 11.5 Å². The number of benzene rings is 2. The van der Waals surface area contributed by atoms with Crippen LogP contribution >= 0.6 is 12.2 Å². The molecule has 2 aromatic carbocycles. The molecule has 0 fully saturated rings. The van der Waals surface area contributed by atoms with E-state index in [-0.39, 0.29) is 5.75 Å². The van der Waals surface area contributed by atoms with E-state index in [0.29, 0.717) is 28.6 Å². The summed E-state index contributed by atoms with van der Waals surface area (Å²) in [4.78, 5) is 0. The molecule has 0 spiro atoms. The van der Waals surface area contributed by atoms with Crippen molar-refractivity contribution in [3.8, 4) is 22.9 Å². The Morgan fingerprint density at radius 2 is 2.12 bits per heavy atom. The Bertz CT molecular complexity index is 1020. The topological polar surface area (TPSA) is 63.1 Å². The first kappa shape index (κ1) is 16.8. The fraction of sp³-hybridized carbons (Fsp3) is 0.300. The van der Waals surface area contributed by atoms with Crippen molar-refractivity contribution in [2.75, 3.05) is 6.61 Å². The highest BCUT2D eigenvalue weighted by Gasteiger charge is 2.17. The van der Waals surface area contributed by atoms with Gasteiger partial charge in [0.2, 0.25) is 0 Å². The van der Waals surface area contributed by atoms with Crippen LogP contribution in [-0.2, 0) is 13.0 Å². The molecule has 2 N–H and O–H groups in total. The number of aromatic hydroxyl groups is 1. The molecule has 0 amide bonds. The van der Waals surface area contributed by atoms with Crippen molar-refractivity contribution in [2.24, 2.45) is 0 Å². The Labute approximate surface area is 157 Å². The van der Waals surface area contributed by atoms with Gasteiger partial charge in [0.25, 0.3) is 0 Å². The summed E-state index contributed by atoms with van der Waals surface area (Å²) in [5, 5.41) is 17.6. The second-order valence-corrected chi connectivity index (χ2v) is 7.30. The first-order chi connectivity index (χ1) is 12.5. The monoisotopic (exact) mass is 367 g/mol. The van der Waals surface area contributed by atoms with Gasteiger partial charge in [-0.1, -0.05) is 32.0 Å². The molecular weight excluding hydrogens is 346 g/mol. The lowest BCUT2D eigenvalue weighted by atomic mass is 10.00. The van der Waals surface area contributed by atoms with Gasteiger partial charge in [-0.2, -0.15) is 5.10 Å². The normalized spacial score (nSPS) is 13.0. The highest BCUT2D eigenvalue weighted by Crippen LogP contribution is 2.32. The molecule has 6 heteroatoms. The molecule has 0 bridgehead atoms. The molecule has 3 aromatic rings. The van der Waals surface area contributed by atoms with Crippen LogP contribution in [0, 0.1) is 4.77 Å². The Morgan fingerprint density at radius 1 is 1.27 bits per heavy atom. The van der Waals surface area contributed by atoms with Crippen molar-refractivity contribution in [2.45, 2.75) is 32.7 Å². The van der Waals surface area contributed by atoms with E-state index in [9.17, 15) is 5.11 Å². The standard InChI is InChI=1S/C20H21N3O2S/c1-12(2)14-4-5-17(24)16(10-14)19-21-22-20(26)23(19)11-13-3-6-18-15(9-13)7-8-25-18/h3-6,9-10,12,24H,7-8,11H2,1-2H3,(H,22,26). The number of phenols is 1. The van der Waals surface area contributed by atoms with Crippen LogP contribution in [0.15, 0.2) is 36.4 Å². The molecular formula is C20H21N3O2S. The van der Waals surface area contributed by atoms with E-state index in [1.54, 1.807) is 6.07 Å². The summed E-state index contributed by atoms with van der Waals surface area (Å²) >= 11 is 5.44. The number of H-pyrrole nitrogens is 1. The van der Waals surface area contributed by atoms with Gasteiger partial charge in [-0.05, 0) is 53.0 Å². The average molecular weight is 367 g/mol. The van der Waals surface area contributed by atoms with Gasteiger partial charge in [-0.15, -0.1) is 0 Å². The van der Waals surface area contributed by atoms with Crippen molar-refractivity contribution in [1.82, 2.24) is 14.8 Å². The minimum atomic E-state index is 0.201. The van der Waals surface area contributed by atoms with Gasteiger partial charge < -0.3 is 9.84 Å². The Balaban J connectivity index is 1.75. The molecule has 2 heterocycles. The van der Waals surface area contributed by atoms with Crippen LogP contribution in [0.25, 0.3) is 11.4 Å². The largest absolute Gasteiger partial charge is 0.507 e. The maximum atomic E-state index is 10.4. The molecule has 1 aromatic heterocycles. The lowest BCUT2D eigenvalue weighted by Crippen LogP contribution is -2.03. The van der Waals surface area contributed by atoms with Gasteiger partial charge in [0.15, 0.2) is 10.6 Å². The van der Waals surface area contributed by atoms with Crippen LogP contribution in [0.1, 0.15) is 36.5 Å². The third-order valence-corrected chi connectivity index (χ3v) is 5.09. The lowest BCUT2D eigenvalue weighted by molar-refractivity contribution is 0.357. The maximum absolute atomic E-state index is 10.4. The van der Waals surface area contributed by atoms with Gasteiger partial charge >= 0.3 is 0 Å². The molecule has 0 atom stereocenters. The van der Waals surface area contributed by atoms with Gasteiger partial charge in [-0.25, -0.2) is 0 Å². The molecule has 134 valence electrons. The summed E-state index contributed by atoms with van der Waals surface area (Å²) in [7, 11) is 0. The predicted molar refractivity (Wildman–Crippen MR) is 103 cm³/mol. The first-order valence-electron chi connectivity index (χ1n) is 8.76. The van der Waals surface area contributed by atoms with E-state index in [1.165, 1.54) is 5.56 Å². The Morgan fingerprint density at radius 3 is 2.92 bits per heavy atom. The third-order valence-electron chi connectivity index (χ3n) is 4.78. The molecule has 5 nitrogen and oxygen atoms in total. The summed E-state index contributed by atoms with van der Waals surface area (Å²) in [5.41, 5.74) is 4.19. The van der Waals surface area contributed by atoms with Crippen molar-refractivity contribution in [3.63, 3.8) is 0 Å². The van der Waals surface area contributed by atoms with E-state index in [2.05, 4.69) is 30.1 Å². The zero-order valence-electron chi connectivity index (χ0n) is 14.8. The number of hydrogen-bond donors (Lipinski definition) is 2. The molecule has 1 aliphatic heterocycles. The van der Waals surface area contributed by atoms with Crippen LogP contribution in [-0.4, -0.2) is 26.5 Å². The molecule has 0 unspecified atom stereocenters. The van der Waals surface area contributed by atoms with Crippen molar-refractivity contribution in [3.05, 3.63) is 57.9 Å². The Hall–Kier alpha value is -2.60. The highest BCUT2D eigenvalue weighted by atomic mass is 32.1. The Kier molecular flexibility index (Phi) is 4.28. The number of phenolic OH excluding ortho intramolecular Hbond substituents is 1. The van der Waals surface area contributed by atoms with Crippen LogP contribution in [0.3, 0.4) is 0 Å². The van der Waals surface area contributed by atoms with Gasteiger partial charge in [0.05, 0.1) is 18.7 Å². The van der Waals surface area contributed by atoms with Crippen LogP contribution in [0.4, 0.5) is 0 Å². The fourth-order valence-electron chi connectivity index (χ4n) is 3.28. The van der Waals surface area contributed by atoms with Crippen LogP contribution < -0.4 is 4.74 Å². The van der Waals surface area contributed by atoms with Crippen molar-refractivity contribution in [1.29, 1.82) is 0 Å². The quantitative estimate of drug-likeness (QED) is 0.670. The predicted octanol–water partition coefficient (Wildman–Crippen LogP) is 4.42. The number of hydrogen-bond acceptors (Lipinski definition) is 4. The summed E-state index contributed by atoms with van der Waals surface area (Å²) in [5.74, 6) is 2.17. The van der Waals surface area contributed by atoms with Crippen molar-refractivity contribution >= 4 is 12.2 Å². The first-order valence-corrected chi connectivity index (χ1v) is 9.17. The van der Waals surface area contributed by atoms with Crippen LogP contribution in [0.2, 0.25) is 0 Å². The van der Waals surface area contributed by atoms with Gasteiger partial charge in [0, 0.05) is 6.42 Å².